The minimum Gasteiger partial charge on any atom is -0.482 e. The molecule has 21 heavy (non-hydrogen) atoms. The fourth-order valence-corrected chi connectivity index (χ4v) is 1.88. The second-order valence-corrected chi connectivity index (χ2v) is 4.51. The Morgan fingerprint density at radius 1 is 1.19 bits per heavy atom. The van der Waals surface area contributed by atoms with Gasteiger partial charge >= 0.3 is 0 Å². The van der Waals surface area contributed by atoms with Crippen molar-refractivity contribution >= 4 is 5.69 Å². The lowest BCUT2D eigenvalue weighted by Gasteiger charge is -2.05. The first-order chi connectivity index (χ1) is 10.2. The number of nitrogens with zero attached hydrogens (tertiary/aromatic N) is 3. The quantitative estimate of drug-likeness (QED) is 0.740. The molecule has 0 aliphatic heterocycles. The first-order valence-corrected chi connectivity index (χ1v) is 6.46. The van der Waals surface area contributed by atoms with Gasteiger partial charge in [-0.15, -0.1) is 0 Å². The fourth-order valence-electron chi connectivity index (χ4n) is 1.88. The Balaban J connectivity index is 1.74. The van der Waals surface area contributed by atoms with Crippen LogP contribution < -0.4 is 10.5 Å². The highest BCUT2D eigenvalue weighted by atomic mass is 16.5. The Morgan fingerprint density at radius 3 is 2.86 bits per heavy atom. The summed E-state index contributed by atoms with van der Waals surface area (Å²) in [5.74, 6) is 1.41. The van der Waals surface area contributed by atoms with Crippen molar-refractivity contribution < 1.29 is 9.26 Å². The van der Waals surface area contributed by atoms with Crippen molar-refractivity contribution in [2.45, 2.75) is 13.5 Å². The van der Waals surface area contributed by atoms with E-state index in [-0.39, 0.29) is 6.61 Å². The van der Waals surface area contributed by atoms with Gasteiger partial charge in [-0.05, 0) is 30.7 Å². The van der Waals surface area contributed by atoms with Crippen LogP contribution in [-0.4, -0.2) is 15.1 Å². The van der Waals surface area contributed by atoms with Gasteiger partial charge in [0.2, 0.25) is 5.82 Å². The molecule has 1 aromatic carbocycles. The van der Waals surface area contributed by atoms with Crippen molar-refractivity contribution in [2.75, 3.05) is 5.73 Å². The van der Waals surface area contributed by atoms with E-state index in [4.69, 9.17) is 15.0 Å². The summed E-state index contributed by atoms with van der Waals surface area (Å²) in [6.07, 6.45) is 1.69. The first kappa shape index (κ1) is 13.1. The van der Waals surface area contributed by atoms with E-state index in [1.54, 1.807) is 18.3 Å². The molecule has 6 nitrogen and oxygen atoms in total. The standard InChI is InChI=1S/C15H14N4O2/c1-10-5-4-8-17-14(10)15-18-13(21-19-15)9-20-12-7-3-2-6-11(12)16/h2-8H,9,16H2,1H3. The maximum Gasteiger partial charge on any atom is 0.264 e. The van der Waals surface area contributed by atoms with Crippen LogP contribution in [0.15, 0.2) is 47.1 Å². The van der Waals surface area contributed by atoms with Crippen molar-refractivity contribution in [3.8, 4) is 17.3 Å². The second kappa shape index (κ2) is 5.62. The van der Waals surface area contributed by atoms with Crippen molar-refractivity contribution in [2.24, 2.45) is 0 Å². The first-order valence-electron chi connectivity index (χ1n) is 6.46. The second-order valence-electron chi connectivity index (χ2n) is 4.51. The molecule has 0 fully saturated rings. The Bertz CT molecular complexity index is 755. The van der Waals surface area contributed by atoms with Crippen LogP contribution in [0.1, 0.15) is 11.5 Å². The summed E-state index contributed by atoms with van der Waals surface area (Å²) in [5, 5.41) is 3.92. The molecule has 0 saturated carbocycles. The molecule has 0 saturated heterocycles. The van der Waals surface area contributed by atoms with E-state index in [1.807, 2.05) is 31.2 Å². The Labute approximate surface area is 121 Å². The molecule has 0 aliphatic rings. The van der Waals surface area contributed by atoms with E-state index in [1.165, 1.54) is 0 Å². The lowest BCUT2D eigenvalue weighted by molar-refractivity contribution is 0.244. The predicted octanol–water partition coefficient (Wildman–Crippen LogP) is 2.60. The Morgan fingerprint density at radius 2 is 2.05 bits per heavy atom. The molecule has 3 aromatic rings. The lowest BCUT2D eigenvalue weighted by atomic mass is 10.2. The van der Waals surface area contributed by atoms with Gasteiger partial charge in [-0.3, -0.25) is 4.98 Å². The largest absolute Gasteiger partial charge is 0.482 e. The molecule has 2 heterocycles. The van der Waals surface area contributed by atoms with Gasteiger partial charge in [0.1, 0.15) is 11.4 Å². The molecule has 2 aromatic heterocycles. The monoisotopic (exact) mass is 282 g/mol. The van der Waals surface area contributed by atoms with Gasteiger partial charge in [-0.1, -0.05) is 23.4 Å². The molecule has 0 unspecified atom stereocenters. The number of nitrogens with two attached hydrogens (primary N) is 1. The Kier molecular flexibility index (Phi) is 3.51. The minimum atomic E-state index is 0.160. The molecule has 0 aliphatic carbocycles. The summed E-state index contributed by atoms with van der Waals surface area (Å²) in [6.45, 7) is 2.10. The van der Waals surface area contributed by atoms with Crippen LogP contribution in [0.2, 0.25) is 0 Å². The van der Waals surface area contributed by atoms with Gasteiger partial charge in [0.05, 0.1) is 5.69 Å². The highest BCUT2D eigenvalue weighted by Crippen LogP contribution is 2.22. The number of rotatable bonds is 4. The average molecular weight is 282 g/mol. The van der Waals surface area contributed by atoms with Gasteiger partial charge in [0.25, 0.3) is 5.89 Å². The number of hydrogen-bond donors (Lipinski definition) is 1. The van der Waals surface area contributed by atoms with Crippen LogP contribution in [0.5, 0.6) is 5.75 Å². The number of aryl methyl sites for hydroxylation is 1. The van der Waals surface area contributed by atoms with Crippen LogP contribution in [0.3, 0.4) is 0 Å². The molecule has 0 bridgehead atoms. The Hall–Kier alpha value is -2.89. The zero-order valence-electron chi connectivity index (χ0n) is 11.5. The molecule has 3 rings (SSSR count). The molecule has 106 valence electrons. The van der Waals surface area contributed by atoms with Gasteiger partial charge in [-0.25, -0.2) is 0 Å². The predicted molar refractivity (Wildman–Crippen MR) is 77.5 cm³/mol. The summed E-state index contributed by atoms with van der Waals surface area (Å²) in [4.78, 5) is 8.53. The highest BCUT2D eigenvalue weighted by Gasteiger charge is 2.12. The summed E-state index contributed by atoms with van der Waals surface area (Å²) in [6, 6.07) is 11.1. The third kappa shape index (κ3) is 2.84. The van der Waals surface area contributed by atoms with Crippen LogP contribution in [0.25, 0.3) is 11.5 Å². The summed E-state index contributed by atoms with van der Waals surface area (Å²) >= 11 is 0. The molecule has 0 radical (unpaired) electrons. The molecule has 0 spiro atoms. The van der Waals surface area contributed by atoms with E-state index in [2.05, 4.69) is 15.1 Å². The van der Waals surface area contributed by atoms with Gasteiger partial charge in [0, 0.05) is 6.20 Å². The van der Waals surface area contributed by atoms with E-state index in [0.29, 0.717) is 28.8 Å². The smallest absolute Gasteiger partial charge is 0.264 e. The fraction of sp³-hybridized carbons (Fsp3) is 0.133. The zero-order chi connectivity index (χ0) is 14.7. The topological polar surface area (TPSA) is 87.1 Å². The van der Waals surface area contributed by atoms with E-state index in [9.17, 15) is 0 Å². The third-order valence-electron chi connectivity index (χ3n) is 2.96. The van der Waals surface area contributed by atoms with Crippen LogP contribution >= 0.6 is 0 Å². The van der Waals surface area contributed by atoms with Crippen molar-refractivity contribution in [3.05, 3.63) is 54.0 Å². The molecule has 2 N–H and O–H groups in total. The van der Waals surface area contributed by atoms with Crippen molar-refractivity contribution in [1.29, 1.82) is 0 Å². The molecule has 6 heteroatoms. The van der Waals surface area contributed by atoms with E-state index >= 15 is 0 Å². The van der Waals surface area contributed by atoms with E-state index < -0.39 is 0 Å². The molecular formula is C15H14N4O2. The summed E-state index contributed by atoms with van der Waals surface area (Å²) in [7, 11) is 0. The number of nitrogen functional groups attached to an aromatic ring is 1. The maximum atomic E-state index is 5.80. The van der Waals surface area contributed by atoms with Crippen LogP contribution in [0.4, 0.5) is 5.69 Å². The minimum absolute atomic E-state index is 0.160. The van der Waals surface area contributed by atoms with Crippen LogP contribution in [-0.2, 0) is 6.61 Å². The number of hydrogen-bond acceptors (Lipinski definition) is 6. The van der Waals surface area contributed by atoms with Crippen LogP contribution in [0, 0.1) is 6.92 Å². The molecule has 0 atom stereocenters. The molecular weight excluding hydrogens is 268 g/mol. The number of anilines is 1. The van der Waals surface area contributed by atoms with Gasteiger partial charge < -0.3 is 15.0 Å². The number of pyridine rings is 1. The van der Waals surface area contributed by atoms with Gasteiger partial charge in [-0.2, -0.15) is 4.98 Å². The maximum absolute atomic E-state index is 5.80. The number of para-hydroxylation sites is 2. The van der Waals surface area contributed by atoms with E-state index in [0.717, 1.165) is 5.56 Å². The normalized spacial score (nSPS) is 10.5. The van der Waals surface area contributed by atoms with Crippen molar-refractivity contribution in [1.82, 2.24) is 15.1 Å². The third-order valence-corrected chi connectivity index (χ3v) is 2.96. The summed E-state index contributed by atoms with van der Waals surface area (Å²) < 4.78 is 10.7. The highest BCUT2D eigenvalue weighted by molar-refractivity contribution is 5.53. The van der Waals surface area contributed by atoms with Crippen molar-refractivity contribution in [3.63, 3.8) is 0 Å². The summed E-state index contributed by atoms with van der Waals surface area (Å²) in [5.41, 5.74) is 8.05. The molecule has 0 amide bonds. The van der Waals surface area contributed by atoms with Gasteiger partial charge in [0.15, 0.2) is 6.61 Å². The number of aromatic nitrogens is 3. The lowest BCUT2D eigenvalue weighted by Crippen LogP contribution is -1.99. The zero-order valence-corrected chi connectivity index (χ0v) is 11.5. The number of ether oxygens (including phenoxy) is 1. The average Bonchev–Trinajstić information content (AvgIpc) is 2.96. The SMILES string of the molecule is Cc1cccnc1-c1noc(COc2ccccc2N)n1. The number of benzene rings is 1.